The van der Waals surface area contributed by atoms with Crippen molar-refractivity contribution in [2.45, 2.75) is 18.7 Å². The first-order valence-corrected chi connectivity index (χ1v) is 7.70. The molecular weight excluding hydrogens is 308 g/mol. The smallest absolute Gasteiger partial charge is 0.353 e. The second-order valence-corrected chi connectivity index (χ2v) is 6.24. The molecule has 0 spiro atoms. The van der Waals surface area contributed by atoms with Gasteiger partial charge in [0.25, 0.3) is 10.0 Å². The number of carbonyl (C=O) groups is 1. The highest BCUT2D eigenvalue weighted by Crippen LogP contribution is 2.10. The van der Waals surface area contributed by atoms with Crippen molar-refractivity contribution in [3.8, 4) is 0 Å². The number of nitrogens with zero attached hydrogens (tertiary/aromatic N) is 2. The first-order valence-electron chi connectivity index (χ1n) is 6.21. The van der Waals surface area contributed by atoms with E-state index in [9.17, 15) is 13.2 Å². The molecule has 0 unspecified atom stereocenters. The van der Waals surface area contributed by atoms with E-state index in [0.29, 0.717) is 0 Å². The Morgan fingerprint density at radius 1 is 1.32 bits per heavy atom. The number of aryl methyl sites for hydroxylation is 1. The predicted molar refractivity (Wildman–Crippen MR) is 79.3 cm³/mol. The number of benzene rings is 1. The zero-order valence-electron chi connectivity index (χ0n) is 11.9. The summed E-state index contributed by atoms with van der Waals surface area (Å²) in [5.41, 5.74) is 1.31. The molecule has 0 radical (unpaired) electrons. The number of H-pyrrole nitrogens is 1. The Balaban J connectivity index is 2.18. The number of hydrogen-bond donors (Lipinski definition) is 3. The molecule has 2 rings (SSSR count). The van der Waals surface area contributed by atoms with Crippen LogP contribution in [0.2, 0.25) is 0 Å². The Hall–Kier alpha value is -2.68. The van der Waals surface area contributed by atoms with Crippen LogP contribution < -0.4 is 4.83 Å². The van der Waals surface area contributed by atoms with Gasteiger partial charge in [0.15, 0.2) is 0 Å². The molecule has 0 saturated carbocycles. The summed E-state index contributed by atoms with van der Waals surface area (Å²) in [5, 5.41) is 18.6. The summed E-state index contributed by atoms with van der Waals surface area (Å²) >= 11 is 0. The number of aromatic amines is 1. The summed E-state index contributed by atoms with van der Waals surface area (Å²) < 4.78 is 24.1. The average Bonchev–Trinajstić information content (AvgIpc) is 2.95. The van der Waals surface area contributed by atoms with Crippen molar-refractivity contribution in [3.05, 3.63) is 47.3 Å². The van der Waals surface area contributed by atoms with Crippen molar-refractivity contribution in [3.63, 3.8) is 0 Å². The van der Waals surface area contributed by atoms with E-state index in [4.69, 9.17) is 5.11 Å². The van der Waals surface area contributed by atoms with E-state index in [1.165, 1.54) is 25.1 Å². The summed E-state index contributed by atoms with van der Waals surface area (Å²) in [7, 11) is -3.78. The third-order valence-corrected chi connectivity index (χ3v) is 4.07. The summed E-state index contributed by atoms with van der Waals surface area (Å²) in [4.78, 5) is 12.9. The number of carboxylic acid groups (broad SMARTS) is 1. The van der Waals surface area contributed by atoms with E-state index in [0.717, 1.165) is 5.56 Å². The number of aromatic nitrogens is 2. The molecule has 0 aliphatic rings. The summed E-state index contributed by atoms with van der Waals surface area (Å²) in [5.74, 6) is -1.16. The first kappa shape index (κ1) is 15.7. The van der Waals surface area contributed by atoms with Gasteiger partial charge < -0.3 is 5.11 Å². The Labute approximate surface area is 126 Å². The summed E-state index contributed by atoms with van der Waals surface area (Å²) in [6.45, 7) is 3.36. The molecular formula is C13H14N4O4S. The predicted octanol–water partition coefficient (Wildman–Crippen LogP) is 1.12. The Morgan fingerprint density at radius 2 is 1.95 bits per heavy atom. The number of hydrogen-bond acceptors (Lipinski definition) is 5. The van der Waals surface area contributed by atoms with Crippen molar-refractivity contribution in [2.75, 3.05) is 0 Å². The van der Waals surface area contributed by atoms with Gasteiger partial charge in [-0.15, -0.1) is 0 Å². The molecule has 0 fully saturated rings. The highest BCUT2D eigenvalue weighted by atomic mass is 32.2. The van der Waals surface area contributed by atoms with E-state index < -0.39 is 16.0 Å². The van der Waals surface area contributed by atoms with Gasteiger partial charge in [-0.25, -0.2) is 4.79 Å². The molecule has 0 atom stereocenters. The first-order chi connectivity index (χ1) is 10.3. The van der Waals surface area contributed by atoms with Crippen molar-refractivity contribution in [1.82, 2.24) is 15.0 Å². The highest BCUT2D eigenvalue weighted by Gasteiger charge is 2.14. The number of sulfonamides is 1. The maximum atomic E-state index is 12.1. The maximum Gasteiger partial charge on any atom is 0.353 e. The van der Waals surface area contributed by atoms with Gasteiger partial charge in [0, 0.05) is 0 Å². The number of rotatable bonds is 5. The minimum Gasteiger partial charge on any atom is -0.477 e. The molecule has 116 valence electrons. The average molecular weight is 322 g/mol. The van der Waals surface area contributed by atoms with Crippen LogP contribution >= 0.6 is 0 Å². The molecule has 0 aliphatic heterocycles. The van der Waals surface area contributed by atoms with Gasteiger partial charge in [0.05, 0.1) is 10.6 Å². The van der Waals surface area contributed by atoms with Crippen LogP contribution in [-0.2, 0) is 10.0 Å². The van der Waals surface area contributed by atoms with Crippen LogP contribution in [0.5, 0.6) is 0 Å². The molecule has 0 aliphatic carbocycles. The highest BCUT2D eigenvalue weighted by molar-refractivity contribution is 7.89. The standard InChI is InChI=1S/C13H14N4O4S/c1-8-3-5-10(6-4-8)22(20,21)17-14-9(2)11-7-12(13(18)19)16-15-11/h3-7,17H,1-2H3,(H,15,16)(H,18,19). The zero-order valence-corrected chi connectivity index (χ0v) is 12.7. The largest absolute Gasteiger partial charge is 0.477 e. The Kier molecular flexibility index (Phi) is 4.27. The van der Waals surface area contributed by atoms with Crippen molar-refractivity contribution in [1.29, 1.82) is 0 Å². The second-order valence-electron chi connectivity index (χ2n) is 4.58. The maximum absolute atomic E-state index is 12.1. The summed E-state index contributed by atoms with van der Waals surface area (Å²) in [6.07, 6.45) is 0. The van der Waals surface area contributed by atoms with E-state index in [2.05, 4.69) is 20.1 Å². The van der Waals surface area contributed by atoms with Crippen LogP contribution in [0.1, 0.15) is 28.7 Å². The fourth-order valence-electron chi connectivity index (χ4n) is 1.57. The van der Waals surface area contributed by atoms with Crippen LogP contribution in [-0.4, -0.2) is 35.4 Å². The van der Waals surface area contributed by atoms with E-state index in [-0.39, 0.29) is 22.0 Å². The molecule has 8 nitrogen and oxygen atoms in total. The van der Waals surface area contributed by atoms with Crippen molar-refractivity contribution in [2.24, 2.45) is 5.10 Å². The molecule has 0 bridgehead atoms. The fraction of sp³-hybridized carbons (Fsp3) is 0.154. The topological polar surface area (TPSA) is 125 Å². The summed E-state index contributed by atoms with van der Waals surface area (Å²) in [6, 6.07) is 7.57. The normalized spacial score (nSPS) is 12.2. The van der Waals surface area contributed by atoms with Crippen LogP contribution in [0.4, 0.5) is 0 Å². The van der Waals surface area contributed by atoms with Crippen LogP contribution in [0, 0.1) is 6.92 Å². The lowest BCUT2D eigenvalue weighted by Crippen LogP contribution is -2.20. The van der Waals surface area contributed by atoms with Gasteiger partial charge in [0.1, 0.15) is 11.4 Å². The van der Waals surface area contributed by atoms with Crippen molar-refractivity contribution < 1.29 is 18.3 Å². The van der Waals surface area contributed by atoms with E-state index in [1.54, 1.807) is 12.1 Å². The molecule has 0 amide bonds. The second kappa shape index (κ2) is 5.98. The minimum atomic E-state index is -3.78. The lowest BCUT2D eigenvalue weighted by atomic mass is 10.2. The van der Waals surface area contributed by atoms with E-state index >= 15 is 0 Å². The fourth-order valence-corrected chi connectivity index (χ4v) is 2.43. The SMILES string of the molecule is CC(=NNS(=O)(=O)c1ccc(C)cc1)c1cc(C(=O)O)[nH]n1. The molecule has 9 heteroatoms. The third kappa shape index (κ3) is 3.50. The number of nitrogens with one attached hydrogen (secondary N) is 2. The lowest BCUT2D eigenvalue weighted by Gasteiger charge is -2.04. The number of hydrazone groups is 1. The minimum absolute atomic E-state index is 0.0860. The van der Waals surface area contributed by atoms with Crippen LogP contribution in [0.15, 0.2) is 40.3 Å². The van der Waals surface area contributed by atoms with Gasteiger partial charge in [0.2, 0.25) is 0 Å². The van der Waals surface area contributed by atoms with Crippen molar-refractivity contribution >= 4 is 21.7 Å². The monoisotopic (exact) mass is 322 g/mol. The molecule has 2 aromatic rings. The number of aromatic carboxylic acids is 1. The molecule has 0 saturated heterocycles. The van der Waals surface area contributed by atoms with Gasteiger partial charge in [-0.2, -0.15) is 23.4 Å². The third-order valence-electron chi connectivity index (χ3n) is 2.84. The van der Waals surface area contributed by atoms with Gasteiger partial charge >= 0.3 is 5.97 Å². The molecule has 3 N–H and O–H groups in total. The molecule has 1 aromatic heterocycles. The van der Waals surface area contributed by atoms with Gasteiger partial charge in [-0.3, -0.25) is 5.10 Å². The quantitative estimate of drug-likeness (QED) is 0.562. The van der Waals surface area contributed by atoms with Crippen LogP contribution in [0.25, 0.3) is 0 Å². The lowest BCUT2D eigenvalue weighted by molar-refractivity contribution is 0.0690. The molecule has 22 heavy (non-hydrogen) atoms. The Morgan fingerprint density at radius 3 is 2.50 bits per heavy atom. The van der Waals surface area contributed by atoms with Crippen LogP contribution in [0.3, 0.4) is 0 Å². The number of carboxylic acids is 1. The Bertz CT molecular complexity index is 822. The van der Waals surface area contributed by atoms with E-state index in [1.807, 2.05) is 6.92 Å². The molecule has 1 aromatic carbocycles. The van der Waals surface area contributed by atoms with Gasteiger partial charge in [-0.1, -0.05) is 17.7 Å². The molecule has 1 heterocycles. The van der Waals surface area contributed by atoms with Gasteiger partial charge in [-0.05, 0) is 32.0 Å². The zero-order chi connectivity index (χ0) is 16.3.